The van der Waals surface area contributed by atoms with Crippen LogP contribution >= 0.6 is 0 Å². The van der Waals surface area contributed by atoms with E-state index in [0.717, 1.165) is 0 Å². The Morgan fingerprint density at radius 3 is 2.18 bits per heavy atom. The summed E-state index contributed by atoms with van der Waals surface area (Å²) < 4.78 is 0. The van der Waals surface area contributed by atoms with Crippen molar-refractivity contribution in [2.24, 2.45) is 0 Å². The Morgan fingerprint density at radius 1 is 1.09 bits per heavy atom. The van der Waals surface area contributed by atoms with Gasteiger partial charge in [0.1, 0.15) is 0 Å². The fourth-order valence-electron chi connectivity index (χ4n) is 3.51. The van der Waals surface area contributed by atoms with Crippen molar-refractivity contribution in [3.8, 4) is 0 Å². The maximum atomic E-state index is 2.53. The fourth-order valence-corrected chi connectivity index (χ4v) is 5.27. The zero-order valence-corrected chi connectivity index (χ0v) is 16.3. The summed E-state index contributed by atoms with van der Waals surface area (Å²) in [4.78, 5) is 2.42. The summed E-state index contributed by atoms with van der Waals surface area (Å²) in [7, 11) is 0.927. The van der Waals surface area contributed by atoms with Crippen LogP contribution in [0.3, 0.4) is 0 Å². The Hall–Kier alpha value is -1.28. The van der Waals surface area contributed by atoms with Gasteiger partial charge < -0.3 is 4.90 Å². The average Bonchev–Trinajstić information content (AvgIpc) is 2.40. The normalized spacial score (nSPS) is 19.0. The summed E-state index contributed by atoms with van der Waals surface area (Å²) in [5, 5.41) is 1.62. The Labute approximate surface area is 137 Å². The molecule has 2 heteroatoms. The van der Waals surface area contributed by atoms with E-state index in [9.17, 15) is 0 Å². The monoisotopic (exact) mass is 313 g/mol. The van der Waals surface area contributed by atoms with Crippen LogP contribution < -0.4 is 0 Å². The highest BCUT2D eigenvalue weighted by atomic mass is 28.3. The molecule has 0 bridgehead atoms. The summed E-state index contributed by atoms with van der Waals surface area (Å²) in [6, 6.07) is 7.02. The minimum Gasteiger partial charge on any atom is -0.370 e. The summed E-state index contributed by atoms with van der Waals surface area (Å²) in [5.74, 6) is 0. The molecule has 1 heterocycles. The molecule has 0 N–H and O–H groups in total. The van der Waals surface area contributed by atoms with Crippen LogP contribution in [-0.4, -0.2) is 20.0 Å². The van der Waals surface area contributed by atoms with Gasteiger partial charge in [-0.2, -0.15) is 0 Å². The molecule has 0 aliphatic carbocycles. The summed E-state index contributed by atoms with van der Waals surface area (Å²) in [6.07, 6.45) is 7.39. The molecule has 0 aromatic heterocycles. The highest BCUT2D eigenvalue weighted by molar-refractivity contribution is 6.84. The van der Waals surface area contributed by atoms with Crippen molar-refractivity contribution in [3.05, 3.63) is 57.9 Å². The first-order valence-electron chi connectivity index (χ1n) is 8.47. The van der Waals surface area contributed by atoms with E-state index in [-0.39, 0.29) is 0 Å². The van der Waals surface area contributed by atoms with Gasteiger partial charge in [0.15, 0.2) is 0 Å². The molecular formula is C20H31NSi. The molecule has 2 rings (SSSR count). The molecule has 0 spiro atoms. The van der Waals surface area contributed by atoms with Gasteiger partial charge in [-0.05, 0) is 53.9 Å². The lowest BCUT2D eigenvalue weighted by molar-refractivity contribution is 0.382. The lowest BCUT2D eigenvalue weighted by Crippen LogP contribution is -2.32. The zero-order chi connectivity index (χ0) is 16.5. The molecular weight excluding hydrogens is 282 g/mol. The predicted molar refractivity (Wildman–Crippen MR) is 101 cm³/mol. The molecule has 0 amide bonds. The van der Waals surface area contributed by atoms with Gasteiger partial charge in [-0.3, -0.25) is 0 Å². The van der Waals surface area contributed by atoms with Crippen molar-refractivity contribution < 1.29 is 0 Å². The van der Waals surface area contributed by atoms with Crippen LogP contribution in [0.1, 0.15) is 42.5 Å². The molecule has 0 radical (unpaired) electrons. The van der Waals surface area contributed by atoms with E-state index in [0.29, 0.717) is 6.04 Å². The standard InChI is InChI=1S/C20H31NSi/c1-8-10-17-13-18(20-15(2)11-9-12-16(20)3)21(4)14-19(17)22(5,6)7/h9,11-14,18H,8,10H2,1-7H3. The highest BCUT2D eigenvalue weighted by Gasteiger charge is 2.29. The van der Waals surface area contributed by atoms with E-state index >= 15 is 0 Å². The third-order valence-electron chi connectivity index (χ3n) is 4.64. The van der Waals surface area contributed by atoms with Gasteiger partial charge in [-0.15, -0.1) is 0 Å². The van der Waals surface area contributed by atoms with Gasteiger partial charge >= 0.3 is 0 Å². The molecule has 120 valence electrons. The molecule has 1 aliphatic heterocycles. The van der Waals surface area contributed by atoms with E-state index in [4.69, 9.17) is 0 Å². The second-order valence-electron chi connectivity index (χ2n) is 7.65. The third-order valence-corrected chi connectivity index (χ3v) is 6.71. The van der Waals surface area contributed by atoms with E-state index in [1.165, 1.54) is 29.5 Å². The number of hydrogen-bond donors (Lipinski definition) is 0. The maximum Gasteiger partial charge on any atom is 0.0798 e. The summed E-state index contributed by atoms with van der Waals surface area (Å²) in [6.45, 7) is 14.1. The fraction of sp³-hybridized carbons (Fsp3) is 0.500. The van der Waals surface area contributed by atoms with E-state index in [1.807, 2.05) is 0 Å². The smallest absolute Gasteiger partial charge is 0.0798 e. The van der Waals surface area contributed by atoms with Crippen LogP contribution in [-0.2, 0) is 0 Å². The second kappa shape index (κ2) is 6.45. The van der Waals surface area contributed by atoms with Crippen LogP contribution in [0.4, 0.5) is 0 Å². The molecule has 0 saturated heterocycles. The summed E-state index contributed by atoms with van der Waals surface area (Å²) in [5.41, 5.74) is 5.86. The lowest BCUT2D eigenvalue weighted by Gasteiger charge is -2.37. The van der Waals surface area contributed by atoms with Crippen LogP contribution in [0, 0.1) is 13.8 Å². The first kappa shape index (κ1) is 17.1. The molecule has 1 aromatic rings. The Morgan fingerprint density at radius 2 is 1.68 bits per heavy atom. The predicted octanol–water partition coefficient (Wildman–Crippen LogP) is 5.78. The molecule has 22 heavy (non-hydrogen) atoms. The van der Waals surface area contributed by atoms with Crippen LogP contribution in [0.2, 0.25) is 19.6 Å². The third kappa shape index (κ3) is 3.38. The second-order valence-corrected chi connectivity index (χ2v) is 12.7. The quantitative estimate of drug-likeness (QED) is 0.637. The van der Waals surface area contributed by atoms with Gasteiger partial charge in [-0.1, -0.05) is 57.3 Å². The van der Waals surface area contributed by atoms with Crippen LogP contribution in [0.15, 0.2) is 41.2 Å². The first-order valence-corrected chi connectivity index (χ1v) is 12.0. The number of nitrogens with zero attached hydrogens (tertiary/aromatic N) is 1. The average molecular weight is 314 g/mol. The molecule has 1 aromatic carbocycles. The van der Waals surface area contributed by atoms with Gasteiger partial charge in [0.25, 0.3) is 0 Å². The SMILES string of the molecule is CCCC1=CC(c2c(C)cccc2C)N(C)C=C1[Si](C)(C)C. The van der Waals surface area contributed by atoms with E-state index in [1.54, 1.807) is 10.8 Å². The number of rotatable bonds is 4. The molecule has 1 nitrogen and oxygen atoms in total. The number of allylic oxidation sites excluding steroid dienone is 2. The largest absolute Gasteiger partial charge is 0.370 e. The number of aryl methyl sites for hydroxylation is 2. The Kier molecular flexibility index (Phi) is 5.01. The van der Waals surface area contributed by atoms with Gasteiger partial charge in [-0.25, -0.2) is 0 Å². The Bertz CT molecular complexity index is 584. The van der Waals surface area contributed by atoms with Crippen LogP contribution in [0.5, 0.6) is 0 Å². The highest BCUT2D eigenvalue weighted by Crippen LogP contribution is 2.37. The van der Waals surface area contributed by atoms with Crippen molar-refractivity contribution in [1.82, 2.24) is 4.90 Å². The molecule has 0 fully saturated rings. The van der Waals surface area contributed by atoms with Crippen molar-refractivity contribution in [2.75, 3.05) is 7.05 Å². The van der Waals surface area contributed by atoms with Gasteiger partial charge in [0.05, 0.1) is 14.1 Å². The van der Waals surface area contributed by atoms with Crippen LogP contribution in [0.25, 0.3) is 0 Å². The van der Waals surface area contributed by atoms with Crippen molar-refractivity contribution in [2.45, 2.75) is 59.3 Å². The minimum absolute atomic E-state index is 0.378. The summed E-state index contributed by atoms with van der Waals surface area (Å²) >= 11 is 0. The first-order chi connectivity index (χ1) is 10.3. The van der Waals surface area contributed by atoms with Crippen molar-refractivity contribution in [3.63, 3.8) is 0 Å². The van der Waals surface area contributed by atoms with Gasteiger partial charge in [0, 0.05) is 7.05 Å². The Balaban J connectivity index is 2.50. The number of hydrogen-bond acceptors (Lipinski definition) is 1. The number of benzene rings is 1. The van der Waals surface area contributed by atoms with E-state index < -0.39 is 8.07 Å². The lowest BCUT2D eigenvalue weighted by atomic mass is 9.91. The van der Waals surface area contributed by atoms with Gasteiger partial charge in [0.2, 0.25) is 0 Å². The molecule has 0 saturated carbocycles. The topological polar surface area (TPSA) is 3.24 Å². The number of likely N-dealkylation sites (N-methyl/N-ethyl adjacent to an activating group) is 1. The van der Waals surface area contributed by atoms with E-state index in [2.05, 4.69) is 82.8 Å². The molecule has 1 aliphatic rings. The molecule has 1 unspecified atom stereocenters. The minimum atomic E-state index is -1.31. The zero-order valence-electron chi connectivity index (χ0n) is 15.3. The van der Waals surface area contributed by atoms with Crippen molar-refractivity contribution >= 4 is 8.07 Å². The molecule has 1 atom stereocenters. The van der Waals surface area contributed by atoms with Crippen molar-refractivity contribution in [1.29, 1.82) is 0 Å². The maximum absolute atomic E-state index is 2.53.